The van der Waals surface area contributed by atoms with E-state index in [1.165, 1.54) is 44.1 Å². The second-order valence-corrected chi connectivity index (χ2v) is 6.34. The molecule has 2 rings (SSSR count). The normalized spacial score (nSPS) is 16.0. The van der Waals surface area contributed by atoms with Crippen molar-refractivity contribution in [3.63, 3.8) is 0 Å². The Morgan fingerprint density at radius 2 is 2.05 bits per heavy atom. The molecule has 0 saturated heterocycles. The monoisotopic (exact) mass is 322 g/mol. The third kappa shape index (κ3) is 6.22. The summed E-state index contributed by atoms with van der Waals surface area (Å²) in [6, 6.07) is 3.84. The van der Waals surface area contributed by atoms with Gasteiger partial charge in [0.05, 0.1) is 0 Å². The molecule has 0 aromatic carbocycles. The van der Waals surface area contributed by atoms with Gasteiger partial charge in [0.2, 0.25) is 0 Å². The molecule has 122 valence electrons. The third-order valence-corrected chi connectivity index (χ3v) is 4.50. The first kappa shape index (κ1) is 17.1. The molecule has 0 aliphatic heterocycles. The number of halogens is 1. The van der Waals surface area contributed by atoms with E-state index in [9.17, 15) is 0 Å². The molecule has 0 atom stereocenters. The highest BCUT2D eigenvalue weighted by Crippen LogP contribution is 2.28. The fraction of sp³-hybridized carbons (Fsp3) is 0.647. The Labute approximate surface area is 138 Å². The molecule has 1 aromatic heterocycles. The van der Waals surface area contributed by atoms with Gasteiger partial charge in [0, 0.05) is 26.3 Å². The van der Waals surface area contributed by atoms with Gasteiger partial charge in [-0.15, -0.1) is 0 Å². The van der Waals surface area contributed by atoms with Crippen molar-refractivity contribution < 1.29 is 0 Å². The van der Waals surface area contributed by atoms with Crippen LogP contribution in [-0.4, -0.2) is 31.1 Å². The molecule has 0 amide bonds. The zero-order chi connectivity index (χ0) is 15.6. The van der Waals surface area contributed by atoms with Crippen LogP contribution in [0.5, 0.6) is 0 Å². The molecular weight excluding hydrogens is 296 g/mol. The highest BCUT2D eigenvalue weighted by Gasteiger charge is 2.13. The lowest BCUT2D eigenvalue weighted by atomic mass is 10.0. The van der Waals surface area contributed by atoms with E-state index in [0.717, 1.165) is 31.4 Å². The molecule has 5 heteroatoms. The average Bonchev–Trinajstić information content (AvgIpc) is 3.05. The highest BCUT2D eigenvalue weighted by atomic mass is 35.5. The molecule has 4 nitrogen and oxygen atoms in total. The van der Waals surface area contributed by atoms with Crippen molar-refractivity contribution in [2.75, 3.05) is 20.1 Å². The summed E-state index contributed by atoms with van der Waals surface area (Å²) in [5.74, 6) is 1.85. The van der Waals surface area contributed by atoms with Crippen LogP contribution in [0.1, 0.15) is 44.1 Å². The van der Waals surface area contributed by atoms with Crippen LogP contribution in [0.15, 0.2) is 23.3 Å². The first-order valence-electron chi connectivity index (χ1n) is 8.33. The van der Waals surface area contributed by atoms with Crippen molar-refractivity contribution >= 4 is 17.6 Å². The van der Waals surface area contributed by atoms with Crippen LogP contribution in [0.3, 0.4) is 0 Å². The second kappa shape index (κ2) is 9.67. The van der Waals surface area contributed by atoms with E-state index in [0.29, 0.717) is 5.15 Å². The summed E-state index contributed by atoms with van der Waals surface area (Å²) in [7, 11) is 1.82. The van der Waals surface area contributed by atoms with Crippen LogP contribution in [0, 0.1) is 5.92 Å². The summed E-state index contributed by atoms with van der Waals surface area (Å²) in [5.41, 5.74) is 1.17. The maximum Gasteiger partial charge on any atom is 0.190 e. The number of nitrogens with zero attached hydrogens (tertiary/aromatic N) is 2. The lowest BCUT2D eigenvalue weighted by Gasteiger charge is -2.13. The maximum absolute atomic E-state index is 5.78. The van der Waals surface area contributed by atoms with Crippen molar-refractivity contribution in [1.82, 2.24) is 15.6 Å². The number of aromatic nitrogens is 1. The molecule has 0 bridgehead atoms. The highest BCUT2D eigenvalue weighted by molar-refractivity contribution is 6.29. The predicted molar refractivity (Wildman–Crippen MR) is 93.5 cm³/mol. The number of aliphatic imine (C=N–C) groups is 1. The summed E-state index contributed by atoms with van der Waals surface area (Å²) in [4.78, 5) is 8.35. The Morgan fingerprint density at radius 3 is 2.73 bits per heavy atom. The van der Waals surface area contributed by atoms with Crippen molar-refractivity contribution in [3.8, 4) is 0 Å². The Balaban J connectivity index is 1.57. The molecule has 1 heterocycles. The van der Waals surface area contributed by atoms with E-state index in [1.54, 1.807) is 0 Å². The molecule has 0 radical (unpaired) electrons. The molecule has 1 fully saturated rings. The summed E-state index contributed by atoms with van der Waals surface area (Å²) < 4.78 is 0. The van der Waals surface area contributed by atoms with Crippen molar-refractivity contribution in [1.29, 1.82) is 0 Å². The predicted octanol–water partition coefficient (Wildman–Crippen LogP) is 3.41. The van der Waals surface area contributed by atoms with E-state index < -0.39 is 0 Å². The summed E-state index contributed by atoms with van der Waals surface area (Å²) in [6.45, 7) is 1.84. The SMILES string of the molecule is CN=C(NCCCC1CCCC1)NCCc1ccc(Cl)nc1. The van der Waals surface area contributed by atoms with Crippen molar-refractivity contribution in [2.45, 2.75) is 44.9 Å². The van der Waals surface area contributed by atoms with E-state index in [-0.39, 0.29) is 0 Å². The lowest BCUT2D eigenvalue weighted by molar-refractivity contribution is 0.481. The van der Waals surface area contributed by atoms with Crippen molar-refractivity contribution in [3.05, 3.63) is 29.0 Å². The minimum Gasteiger partial charge on any atom is -0.356 e. The molecule has 0 unspecified atom stereocenters. The number of hydrogen-bond acceptors (Lipinski definition) is 2. The van der Waals surface area contributed by atoms with Crippen LogP contribution in [-0.2, 0) is 6.42 Å². The molecule has 2 N–H and O–H groups in total. The first-order valence-corrected chi connectivity index (χ1v) is 8.70. The van der Waals surface area contributed by atoms with Crippen LogP contribution in [0.25, 0.3) is 0 Å². The number of pyridine rings is 1. The molecule has 22 heavy (non-hydrogen) atoms. The quantitative estimate of drug-likeness (QED) is 0.350. The van der Waals surface area contributed by atoms with Crippen LogP contribution in [0.2, 0.25) is 5.15 Å². The number of guanidine groups is 1. The van der Waals surface area contributed by atoms with E-state index in [4.69, 9.17) is 11.6 Å². The molecule has 1 aliphatic carbocycles. The topological polar surface area (TPSA) is 49.3 Å². The maximum atomic E-state index is 5.78. The minimum absolute atomic E-state index is 0.538. The molecular formula is C17H27ClN4. The van der Waals surface area contributed by atoms with E-state index >= 15 is 0 Å². The van der Waals surface area contributed by atoms with Gasteiger partial charge in [-0.2, -0.15) is 0 Å². The van der Waals surface area contributed by atoms with E-state index in [1.807, 2.05) is 25.4 Å². The second-order valence-electron chi connectivity index (χ2n) is 5.96. The fourth-order valence-corrected chi connectivity index (χ4v) is 3.11. The number of nitrogens with one attached hydrogen (secondary N) is 2. The van der Waals surface area contributed by atoms with Gasteiger partial charge in [-0.05, 0) is 36.8 Å². The van der Waals surface area contributed by atoms with Gasteiger partial charge < -0.3 is 10.6 Å². The van der Waals surface area contributed by atoms with Gasteiger partial charge in [-0.1, -0.05) is 43.4 Å². The van der Waals surface area contributed by atoms with Crippen LogP contribution in [0.4, 0.5) is 0 Å². The zero-order valence-electron chi connectivity index (χ0n) is 13.4. The Bertz CT molecular complexity index is 452. The third-order valence-electron chi connectivity index (χ3n) is 4.27. The van der Waals surface area contributed by atoms with Crippen LogP contribution >= 0.6 is 11.6 Å². The standard InChI is InChI=1S/C17H27ClN4/c1-19-17(20-11-4-7-14-5-2-3-6-14)21-12-10-15-8-9-16(18)22-13-15/h8-9,13-14H,2-7,10-12H2,1H3,(H2,19,20,21). The molecule has 1 aromatic rings. The lowest BCUT2D eigenvalue weighted by Crippen LogP contribution is -2.38. The fourth-order valence-electron chi connectivity index (χ4n) is 3.00. The molecule has 0 spiro atoms. The Morgan fingerprint density at radius 1 is 1.27 bits per heavy atom. The first-order chi connectivity index (χ1) is 10.8. The summed E-state index contributed by atoms with van der Waals surface area (Å²) in [6.07, 6.45) is 11.0. The zero-order valence-corrected chi connectivity index (χ0v) is 14.2. The van der Waals surface area contributed by atoms with Gasteiger partial charge in [-0.3, -0.25) is 4.99 Å². The van der Waals surface area contributed by atoms with Gasteiger partial charge in [0.25, 0.3) is 0 Å². The summed E-state index contributed by atoms with van der Waals surface area (Å²) >= 11 is 5.78. The van der Waals surface area contributed by atoms with Gasteiger partial charge in [-0.25, -0.2) is 4.98 Å². The molecule has 1 aliphatic rings. The average molecular weight is 323 g/mol. The Hall–Kier alpha value is -1.29. The minimum atomic E-state index is 0.538. The van der Waals surface area contributed by atoms with Gasteiger partial charge in [0.1, 0.15) is 5.15 Å². The largest absolute Gasteiger partial charge is 0.356 e. The number of hydrogen-bond donors (Lipinski definition) is 2. The van der Waals surface area contributed by atoms with E-state index in [2.05, 4.69) is 20.6 Å². The van der Waals surface area contributed by atoms with Crippen LogP contribution < -0.4 is 10.6 Å². The van der Waals surface area contributed by atoms with Gasteiger partial charge in [0.15, 0.2) is 5.96 Å². The number of rotatable bonds is 7. The van der Waals surface area contributed by atoms with Crippen molar-refractivity contribution in [2.24, 2.45) is 10.9 Å². The molecule has 1 saturated carbocycles. The Kier molecular flexibility index (Phi) is 7.50. The summed E-state index contributed by atoms with van der Waals surface area (Å²) in [5, 5.41) is 7.27. The van der Waals surface area contributed by atoms with Gasteiger partial charge >= 0.3 is 0 Å². The smallest absolute Gasteiger partial charge is 0.190 e.